The number of urea groups is 1. The van der Waals surface area contributed by atoms with Crippen molar-refractivity contribution in [2.75, 3.05) is 18.4 Å². The molecule has 0 spiro atoms. The lowest BCUT2D eigenvalue weighted by molar-refractivity contribution is 0.0501. The zero-order valence-corrected chi connectivity index (χ0v) is 12.4. The van der Waals surface area contributed by atoms with E-state index in [9.17, 15) is 9.90 Å². The summed E-state index contributed by atoms with van der Waals surface area (Å²) in [6.45, 7) is 10.1. The summed E-state index contributed by atoms with van der Waals surface area (Å²) in [6, 6.07) is 5.76. The van der Waals surface area contributed by atoms with Crippen molar-refractivity contribution >= 4 is 11.7 Å². The van der Waals surface area contributed by atoms with E-state index in [0.717, 1.165) is 16.8 Å². The SMILES string of the molecule is CCN(CC(C)(C)O)C(=O)Nc1cc(C)ccc1C. The van der Waals surface area contributed by atoms with E-state index in [1.165, 1.54) is 0 Å². The molecular formula is C15H24N2O2. The van der Waals surface area contributed by atoms with Crippen LogP contribution >= 0.6 is 0 Å². The lowest BCUT2D eigenvalue weighted by atomic mass is 10.1. The van der Waals surface area contributed by atoms with E-state index >= 15 is 0 Å². The van der Waals surface area contributed by atoms with Crippen LogP contribution in [-0.2, 0) is 0 Å². The van der Waals surface area contributed by atoms with E-state index in [-0.39, 0.29) is 6.03 Å². The summed E-state index contributed by atoms with van der Waals surface area (Å²) in [5, 5.41) is 12.7. The largest absolute Gasteiger partial charge is 0.389 e. The van der Waals surface area contributed by atoms with Gasteiger partial charge in [-0.25, -0.2) is 4.79 Å². The summed E-state index contributed by atoms with van der Waals surface area (Å²) in [6.07, 6.45) is 0. The first kappa shape index (κ1) is 15.5. The highest BCUT2D eigenvalue weighted by atomic mass is 16.3. The Morgan fingerprint density at radius 1 is 1.37 bits per heavy atom. The van der Waals surface area contributed by atoms with Crippen LogP contribution < -0.4 is 5.32 Å². The van der Waals surface area contributed by atoms with Crippen molar-refractivity contribution < 1.29 is 9.90 Å². The van der Waals surface area contributed by atoms with Gasteiger partial charge in [-0.3, -0.25) is 0 Å². The number of likely N-dealkylation sites (N-methyl/N-ethyl adjacent to an activating group) is 1. The summed E-state index contributed by atoms with van der Waals surface area (Å²) in [7, 11) is 0. The molecule has 0 bridgehead atoms. The number of nitrogens with zero attached hydrogens (tertiary/aromatic N) is 1. The van der Waals surface area contributed by atoms with Gasteiger partial charge in [0, 0.05) is 12.2 Å². The van der Waals surface area contributed by atoms with Gasteiger partial charge in [0.2, 0.25) is 0 Å². The molecule has 0 saturated carbocycles. The minimum Gasteiger partial charge on any atom is -0.389 e. The summed E-state index contributed by atoms with van der Waals surface area (Å²) in [4.78, 5) is 13.8. The van der Waals surface area contributed by atoms with Crippen LogP contribution in [-0.4, -0.2) is 34.7 Å². The molecule has 4 nitrogen and oxygen atoms in total. The van der Waals surface area contributed by atoms with Gasteiger partial charge in [-0.05, 0) is 51.8 Å². The molecule has 0 fully saturated rings. The molecule has 4 heteroatoms. The third-order valence-corrected chi connectivity index (χ3v) is 2.88. The molecular weight excluding hydrogens is 240 g/mol. The number of carbonyl (C=O) groups excluding carboxylic acids is 1. The second-order valence-electron chi connectivity index (χ2n) is 5.58. The van der Waals surface area contributed by atoms with Crippen LogP contribution in [0.3, 0.4) is 0 Å². The van der Waals surface area contributed by atoms with Crippen molar-refractivity contribution in [3.8, 4) is 0 Å². The minimum absolute atomic E-state index is 0.182. The number of anilines is 1. The van der Waals surface area contributed by atoms with Gasteiger partial charge in [-0.1, -0.05) is 12.1 Å². The van der Waals surface area contributed by atoms with Gasteiger partial charge in [-0.15, -0.1) is 0 Å². The Labute approximate surface area is 115 Å². The van der Waals surface area contributed by atoms with E-state index in [4.69, 9.17) is 0 Å². The molecule has 0 aliphatic heterocycles. The molecule has 0 saturated heterocycles. The number of hydrogen-bond acceptors (Lipinski definition) is 2. The number of carbonyl (C=O) groups is 1. The van der Waals surface area contributed by atoms with Crippen molar-refractivity contribution in [1.29, 1.82) is 0 Å². The average Bonchev–Trinajstić information content (AvgIpc) is 2.29. The van der Waals surface area contributed by atoms with Crippen LogP contribution in [0.5, 0.6) is 0 Å². The van der Waals surface area contributed by atoms with Gasteiger partial charge in [0.1, 0.15) is 0 Å². The second kappa shape index (κ2) is 6.06. The fraction of sp³-hybridized carbons (Fsp3) is 0.533. The van der Waals surface area contributed by atoms with E-state index in [0.29, 0.717) is 13.1 Å². The lowest BCUT2D eigenvalue weighted by Gasteiger charge is -2.28. The molecule has 1 rings (SSSR count). The molecule has 0 aromatic heterocycles. The predicted octanol–water partition coefficient (Wildman–Crippen LogP) is 2.93. The molecule has 1 aromatic carbocycles. The molecule has 19 heavy (non-hydrogen) atoms. The molecule has 2 N–H and O–H groups in total. The van der Waals surface area contributed by atoms with E-state index in [1.54, 1.807) is 18.7 Å². The fourth-order valence-electron chi connectivity index (χ4n) is 1.86. The van der Waals surface area contributed by atoms with Crippen LogP contribution in [0.25, 0.3) is 0 Å². The quantitative estimate of drug-likeness (QED) is 0.878. The van der Waals surface area contributed by atoms with Crippen molar-refractivity contribution in [1.82, 2.24) is 4.90 Å². The van der Waals surface area contributed by atoms with Crippen LogP contribution in [0, 0.1) is 13.8 Å². The van der Waals surface area contributed by atoms with Gasteiger partial charge in [0.05, 0.1) is 12.1 Å². The Bertz CT molecular complexity index is 450. The first-order valence-electron chi connectivity index (χ1n) is 6.58. The summed E-state index contributed by atoms with van der Waals surface area (Å²) >= 11 is 0. The highest BCUT2D eigenvalue weighted by Gasteiger charge is 2.21. The molecule has 1 aromatic rings. The smallest absolute Gasteiger partial charge is 0.321 e. The summed E-state index contributed by atoms with van der Waals surface area (Å²) < 4.78 is 0. The van der Waals surface area contributed by atoms with Gasteiger partial charge >= 0.3 is 6.03 Å². The average molecular weight is 264 g/mol. The number of rotatable bonds is 4. The molecule has 0 aliphatic carbocycles. The van der Waals surface area contributed by atoms with E-state index < -0.39 is 5.60 Å². The van der Waals surface area contributed by atoms with E-state index in [2.05, 4.69) is 5.32 Å². The Kier molecular flexibility index (Phi) is 4.95. The van der Waals surface area contributed by atoms with Crippen LogP contribution in [0.1, 0.15) is 31.9 Å². The second-order valence-corrected chi connectivity index (χ2v) is 5.58. The highest BCUT2D eigenvalue weighted by Crippen LogP contribution is 2.17. The van der Waals surface area contributed by atoms with Crippen molar-refractivity contribution in [2.45, 2.75) is 40.2 Å². The van der Waals surface area contributed by atoms with Gasteiger partial charge in [0.25, 0.3) is 0 Å². The summed E-state index contributed by atoms with van der Waals surface area (Å²) in [5.41, 5.74) is 2.05. The maximum absolute atomic E-state index is 12.2. The minimum atomic E-state index is -0.894. The van der Waals surface area contributed by atoms with Crippen LogP contribution in [0.15, 0.2) is 18.2 Å². The van der Waals surface area contributed by atoms with Crippen molar-refractivity contribution in [2.24, 2.45) is 0 Å². The third kappa shape index (κ3) is 4.91. The Balaban J connectivity index is 2.80. The molecule has 106 valence electrons. The molecule has 2 amide bonds. The third-order valence-electron chi connectivity index (χ3n) is 2.88. The fourth-order valence-corrected chi connectivity index (χ4v) is 1.86. The first-order valence-corrected chi connectivity index (χ1v) is 6.58. The Hall–Kier alpha value is -1.55. The van der Waals surface area contributed by atoms with Gasteiger partial charge in [0.15, 0.2) is 0 Å². The number of aryl methyl sites for hydroxylation is 2. The van der Waals surface area contributed by atoms with Crippen molar-refractivity contribution in [3.63, 3.8) is 0 Å². The number of amides is 2. The van der Waals surface area contributed by atoms with Gasteiger partial charge < -0.3 is 15.3 Å². The zero-order valence-electron chi connectivity index (χ0n) is 12.4. The number of hydrogen-bond donors (Lipinski definition) is 2. The predicted molar refractivity (Wildman–Crippen MR) is 78.5 cm³/mol. The lowest BCUT2D eigenvalue weighted by Crippen LogP contribution is -2.44. The van der Waals surface area contributed by atoms with Crippen LogP contribution in [0.4, 0.5) is 10.5 Å². The summed E-state index contributed by atoms with van der Waals surface area (Å²) in [5.74, 6) is 0. The molecule has 0 aliphatic rings. The monoisotopic (exact) mass is 264 g/mol. The number of benzene rings is 1. The van der Waals surface area contributed by atoms with Crippen molar-refractivity contribution in [3.05, 3.63) is 29.3 Å². The molecule has 0 radical (unpaired) electrons. The zero-order chi connectivity index (χ0) is 14.6. The topological polar surface area (TPSA) is 52.6 Å². The number of aliphatic hydroxyl groups is 1. The normalized spacial score (nSPS) is 11.3. The molecule has 0 heterocycles. The van der Waals surface area contributed by atoms with Gasteiger partial charge in [-0.2, -0.15) is 0 Å². The Morgan fingerprint density at radius 2 is 2.00 bits per heavy atom. The number of nitrogens with one attached hydrogen (secondary N) is 1. The Morgan fingerprint density at radius 3 is 2.53 bits per heavy atom. The standard InChI is InChI=1S/C15H24N2O2/c1-6-17(10-15(4,5)19)14(18)16-13-9-11(2)7-8-12(13)3/h7-9,19H,6,10H2,1-5H3,(H,16,18). The maximum atomic E-state index is 12.2. The first-order chi connectivity index (χ1) is 8.73. The molecule has 0 atom stereocenters. The van der Waals surface area contributed by atoms with Crippen LogP contribution in [0.2, 0.25) is 0 Å². The maximum Gasteiger partial charge on any atom is 0.321 e. The highest BCUT2D eigenvalue weighted by molar-refractivity contribution is 5.90. The van der Waals surface area contributed by atoms with E-state index in [1.807, 2.05) is 39.0 Å². The molecule has 0 unspecified atom stereocenters.